The van der Waals surface area contributed by atoms with Gasteiger partial charge in [-0.1, -0.05) is 6.07 Å². The summed E-state index contributed by atoms with van der Waals surface area (Å²) in [7, 11) is 1.50. The second-order valence-electron chi connectivity index (χ2n) is 7.14. The number of anilines is 2. The number of benzene rings is 1. The fourth-order valence-corrected chi connectivity index (χ4v) is 5.58. The molecule has 3 aromatic rings. The molecule has 0 aliphatic carbocycles. The van der Waals surface area contributed by atoms with Crippen LogP contribution in [-0.2, 0) is 9.53 Å². The van der Waals surface area contributed by atoms with E-state index >= 15 is 0 Å². The number of nitrogens with one attached hydrogen (secondary N) is 2. The van der Waals surface area contributed by atoms with Crippen LogP contribution in [0.2, 0.25) is 0 Å². The first-order valence-electron chi connectivity index (χ1n) is 9.62. The summed E-state index contributed by atoms with van der Waals surface area (Å²) in [5.41, 5.74) is 3.58. The van der Waals surface area contributed by atoms with Gasteiger partial charge in [0.1, 0.15) is 6.61 Å². The van der Waals surface area contributed by atoms with Gasteiger partial charge in [0.05, 0.1) is 17.8 Å². The molecule has 9 heteroatoms. The van der Waals surface area contributed by atoms with Crippen molar-refractivity contribution in [2.45, 2.75) is 19.0 Å². The summed E-state index contributed by atoms with van der Waals surface area (Å²) in [6, 6.07) is 13.8. The number of thiophene rings is 1. The highest BCUT2D eigenvalue weighted by atomic mass is 79.9. The van der Waals surface area contributed by atoms with E-state index in [0.717, 1.165) is 27.1 Å². The van der Waals surface area contributed by atoms with E-state index in [9.17, 15) is 4.79 Å². The number of nitrogens with zero attached hydrogens (tertiary/aromatic N) is 2. The number of aryl methyl sites for hydroxylation is 1. The number of pyridine rings is 1. The van der Waals surface area contributed by atoms with Crippen LogP contribution in [0.15, 0.2) is 58.5 Å². The molecule has 160 valence electrons. The molecule has 0 saturated carbocycles. The molecule has 0 spiro atoms. The Morgan fingerprint density at radius 1 is 1.35 bits per heavy atom. The molecular weight excluding hydrogens is 496 g/mol. The predicted octanol–water partition coefficient (Wildman–Crippen LogP) is 4.98. The Hall–Kier alpha value is -2.33. The molecule has 2 aromatic heterocycles. The minimum Gasteiger partial charge on any atom is -0.375 e. The molecule has 1 aromatic carbocycles. The van der Waals surface area contributed by atoms with Crippen LogP contribution in [0.25, 0.3) is 0 Å². The average molecular weight is 517 g/mol. The van der Waals surface area contributed by atoms with E-state index < -0.39 is 0 Å². The maximum Gasteiger partial charge on any atom is 0.250 e. The monoisotopic (exact) mass is 516 g/mol. The number of carbonyl (C=O) groups is 1. The first kappa shape index (κ1) is 21.9. The lowest BCUT2D eigenvalue weighted by Gasteiger charge is -2.27. The third-order valence-electron chi connectivity index (χ3n) is 5.02. The molecule has 4 rings (SSSR count). The van der Waals surface area contributed by atoms with E-state index in [1.165, 1.54) is 12.0 Å². The minimum absolute atomic E-state index is 0.0163. The maximum atomic E-state index is 11.9. The summed E-state index contributed by atoms with van der Waals surface area (Å²) in [5.74, 6) is -0.187. The molecule has 2 N–H and O–H groups in total. The van der Waals surface area contributed by atoms with Gasteiger partial charge in [0, 0.05) is 39.4 Å². The molecule has 2 atom stereocenters. The van der Waals surface area contributed by atoms with Crippen LogP contribution >= 0.6 is 39.5 Å². The zero-order valence-electron chi connectivity index (χ0n) is 17.0. The Labute approximate surface area is 198 Å². The van der Waals surface area contributed by atoms with Gasteiger partial charge in [-0.15, -0.1) is 11.3 Å². The van der Waals surface area contributed by atoms with Crippen molar-refractivity contribution in [1.82, 2.24) is 10.3 Å². The van der Waals surface area contributed by atoms with Crippen molar-refractivity contribution in [2.24, 2.45) is 0 Å². The summed E-state index contributed by atoms with van der Waals surface area (Å²) >= 11 is 11.0. The van der Waals surface area contributed by atoms with E-state index in [0.29, 0.717) is 5.11 Å². The van der Waals surface area contributed by atoms with Crippen molar-refractivity contribution in [1.29, 1.82) is 0 Å². The molecular formula is C22H21BrN4O2S2. The van der Waals surface area contributed by atoms with Gasteiger partial charge in [-0.3, -0.25) is 9.78 Å². The number of ether oxygens (including phenoxy) is 1. The van der Waals surface area contributed by atoms with Gasteiger partial charge in [0.25, 0.3) is 0 Å². The van der Waals surface area contributed by atoms with Gasteiger partial charge in [-0.05, 0) is 77.0 Å². The molecule has 1 fully saturated rings. The van der Waals surface area contributed by atoms with E-state index in [2.05, 4.69) is 47.9 Å². The number of rotatable bonds is 6. The number of thiocarbonyl (C=S) groups is 1. The zero-order chi connectivity index (χ0) is 22.0. The van der Waals surface area contributed by atoms with Crippen LogP contribution < -0.4 is 15.5 Å². The summed E-state index contributed by atoms with van der Waals surface area (Å²) < 4.78 is 5.94. The van der Waals surface area contributed by atoms with Crippen molar-refractivity contribution in [3.05, 3.63) is 74.6 Å². The van der Waals surface area contributed by atoms with Gasteiger partial charge in [-0.25, -0.2) is 0 Å². The Morgan fingerprint density at radius 3 is 2.84 bits per heavy atom. The number of aromatic nitrogens is 1. The fourth-order valence-electron chi connectivity index (χ4n) is 3.66. The van der Waals surface area contributed by atoms with E-state index in [1.54, 1.807) is 17.5 Å². The SMILES string of the molecule is COCC(=O)Nc1ccc(N2C(=S)N[C@@H](c3ccccn3)[C@@H]2c2cc(Br)cs2)cc1C. The number of halogens is 1. The van der Waals surface area contributed by atoms with E-state index in [1.807, 2.05) is 43.3 Å². The Balaban J connectivity index is 1.71. The van der Waals surface area contributed by atoms with Crippen LogP contribution in [0.3, 0.4) is 0 Å². The Kier molecular flexibility index (Phi) is 6.66. The van der Waals surface area contributed by atoms with Crippen LogP contribution in [0.4, 0.5) is 11.4 Å². The molecule has 6 nitrogen and oxygen atoms in total. The number of hydrogen-bond acceptors (Lipinski definition) is 5. The van der Waals surface area contributed by atoms with Gasteiger partial charge in [0.15, 0.2) is 5.11 Å². The summed E-state index contributed by atoms with van der Waals surface area (Å²) in [6.07, 6.45) is 1.80. The second-order valence-corrected chi connectivity index (χ2v) is 9.39. The first-order valence-corrected chi connectivity index (χ1v) is 11.7. The van der Waals surface area contributed by atoms with Crippen molar-refractivity contribution in [3.8, 4) is 0 Å². The van der Waals surface area contributed by atoms with Gasteiger partial charge < -0.3 is 20.3 Å². The maximum absolute atomic E-state index is 11.9. The lowest BCUT2D eigenvalue weighted by Crippen LogP contribution is -2.29. The average Bonchev–Trinajstić information content (AvgIpc) is 3.33. The molecule has 31 heavy (non-hydrogen) atoms. The molecule has 1 amide bonds. The number of amides is 1. The normalized spacial score (nSPS) is 18.2. The molecule has 0 unspecified atom stereocenters. The third-order valence-corrected chi connectivity index (χ3v) is 7.09. The summed E-state index contributed by atoms with van der Waals surface area (Å²) in [4.78, 5) is 19.8. The molecule has 1 aliphatic rings. The van der Waals surface area contributed by atoms with Crippen molar-refractivity contribution < 1.29 is 9.53 Å². The zero-order valence-corrected chi connectivity index (χ0v) is 20.2. The highest BCUT2D eigenvalue weighted by Gasteiger charge is 2.41. The summed E-state index contributed by atoms with van der Waals surface area (Å²) in [5, 5.41) is 9.05. The van der Waals surface area contributed by atoms with Crippen LogP contribution in [0.1, 0.15) is 28.2 Å². The topological polar surface area (TPSA) is 66.5 Å². The van der Waals surface area contributed by atoms with Crippen LogP contribution in [-0.4, -0.2) is 29.7 Å². The lowest BCUT2D eigenvalue weighted by molar-refractivity contribution is -0.119. The third kappa shape index (κ3) is 4.64. The first-order chi connectivity index (χ1) is 15.0. The van der Waals surface area contributed by atoms with Crippen molar-refractivity contribution >= 4 is 61.9 Å². The number of methoxy groups -OCH3 is 1. The largest absolute Gasteiger partial charge is 0.375 e. The number of carbonyl (C=O) groups excluding carboxylic acids is 1. The fraction of sp³-hybridized carbons (Fsp3) is 0.227. The highest BCUT2D eigenvalue weighted by Crippen LogP contribution is 2.44. The Morgan fingerprint density at radius 2 is 2.19 bits per heavy atom. The lowest BCUT2D eigenvalue weighted by atomic mass is 10.0. The molecule has 0 bridgehead atoms. The van der Waals surface area contributed by atoms with Gasteiger partial charge in [-0.2, -0.15) is 0 Å². The van der Waals surface area contributed by atoms with Crippen molar-refractivity contribution in [3.63, 3.8) is 0 Å². The van der Waals surface area contributed by atoms with Crippen LogP contribution in [0, 0.1) is 6.92 Å². The van der Waals surface area contributed by atoms with Gasteiger partial charge >= 0.3 is 0 Å². The predicted molar refractivity (Wildman–Crippen MR) is 132 cm³/mol. The Bertz CT molecular complexity index is 1110. The standard InChI is InChI=1S/C22H21BrN4O2S2/c1-13-9-15(6-7-16(13)25-19(28)11-29-2)27-21(18-10-14(23)12-31-18)20(26-22(27)30)17-5-3-4-8-24-17/h3-10,12,20-21H,11H2,1-2H3,(H,25,28)(H,26,30)/t20-,21-/m0/s1. The quantitative estimate of drug-likeness (QED) is 0.450. The van der Waals surface area contributed by atoms with E-state index in [4.69, 9.17) is 17.0 Å². The second kappa shape index (κ2) is 9.44. The molecule has 1 saturated heterocycles. The van der Waals surface area contributed by atoms with Crippen molar-refractivity contribution in [2.75, 3.05) is 23.9 Å². The molecule has 1 aliphatic heterocycles. The smallest absolute Gasteiger partial charge is 0.250 e. The molecule has 0 radical (unpaired) electrons. The number of hydrogen-bond donors (Lipinski definition) is 2. The summed E-state index contributed by atoms with van der Waals surface area (Å²) in [6.45, 7) is 1.98. The van der Waals surface area contributed by atoms with Gasteiger partial charge in [0.2, 0.25) is 5.91 Å². The van der Waals surface area contributed by atoms with E-state index in [-0.39, 0.29) is 24.6 Å². The highest BCUT2D eigenvalue weighted by molar-refractivity contribution is 9.10. The minimum atomic E-state index is -0.187. The van der Waals surface area contributed by atoms with Crippen LogP contribution in [0.5, 0.6) is 0 Å². The molecule has 3 heterocycles.